The molecule has 4 aromatic rings. The number of hydrogen-bond acceptors (Lipinski definition) is 0. The van der Waals surface area contributed by atoms with Crippen molar-refractivity contribution < 1.29 is 0 Å². The molecule has 0 bridgehead atoms. The Balaban J connectivity index is 2.10. The van der Waals surface area contributed by atoms with Gasteiger partial charge in [-0.25, -0.2) is 0 Å². The van der Waals surface area contributed by atoms with Gasteiger partial charge < -0.3 is 4.57 Å². The maximum Gasteiger partial charge on any atom is 0.0983 e. The molecule has 0 atom stereocenters. The summed E-state index contributed by atoms with van der Waals surface area (Å²) in [6, 6.07) is 29.5. The van der Waals surface area contributed by atoms with Crippen LogP contribution in [-0.2, 0) is 0 Å². The predicted molar refractivity (Wildman–Crippen MR) is 96.4 cm³/mol. The van der Waals surface area contributed by atoms with Crippen LogP contribution in [0.25, 0.3) is 27.7 Å². The molecule has 4 rings (SSSR count). The van der Waals surface area contributed by atoms with Crippen LogP contribution in [-0.4, -0.2) is 4.57 Å². The van der Waals surface area contributed by atoms with Crippen LogP contribution < -0.4 is 0 Å². The molecule has 0 amide bonds. The van der Waals surface area contributed by atoms with Gasteiger partial charge in [-0.15, -0.1) is 0 Å². The molecular weight excluding hydrogens is 334 g/mol. The van der Waals surface area contributed by atoms with Gasteiger partial charge in [-0.05, 0) is 39.7 Å². The maximum absolute atomic E-state index is 3.83. The molecule has 1 aromatic heterocycles. The Morgan fingerprint density at radius 3 is 1.95 bits per heavy atom. The standard InChI is InChI=1S/C20H14BrN/c21-20-19(15-9-3-1-4-10-15)17-13-7-8-14-18(17)22(20)16-11-5-2-6-12-16/h1-14H. The van der Waals surface area contributed by atoms with Crippen LogP contribution in [0.4, 0.5) is 0 Å². The minimum atomic E-state index is 1.09. The number of benzene rings is 3. The highest BCUT2D eigenvalue weighted by Crippen LogP contribution is 2.39. The Kier molecular flexibility index (Phi) is 3.32. The Morgan fingerprint density at radius 2 is 1.23 bits per heavy atom. The summed E-state index contributed by atoms with van der Waals surface area (Å²) in [6.07, 6.45) is 0. The van der Waals surface area contributed by atoms with Crippen LogP contribution in [0.1, 0.15) is 0 Å². The molecule has 0 aliphatic rings. The number of aromatic nitrogens is 1. The molecule has 0 unspecified atom stereocenters. The van der Waals surface area contributed by atoms with Gasteiger partial charge in [0, 0.05) is 16.6 Å². The third-order valence-electron chi connectivity index (χ3n) is 3.89. The van der Waals surface area contributed by atoms with Gasteiger partial charge in [0.05, 0.1) is 10.1 Å². The smallest absolute Gasteiger partial charge is 0.0983 e. The van der Waals surface area contributed by atoms with Gasteiger partial charge in [0.25, 0.3) is 0 Å². The fourth-order valence-electron chi connectivity index (χ4n) is 2.92. The zero-order chi connectivity index (χ0) is 14.9. The van der Waals surface area contributed by atoms with Crippen LogP contribution in [0.5, 0.6) is 0 Å². The van der Waals surface area contributed by atoms with Crippen molar-refractivity contribution in [1.29, 1.82) is 0 Å². The molecule has 106 valence electrons. The second-order valence-corrected chi connectivity index (χ2v) is 5.97. The van der Waals surface area contributed by atoms with Crippen molar-refractivity contribution in [2.75, 3.05) is 0 Å². The number of rotatable bonds is 2. The van der Waals surface area contributed by atoms with Gasteiger partial charge in [0.1, 0.15) is 0 Å². The summed E-state index contributed by atoms with van der Waals surface area (Å²) >= 11 is 3.83. The van der Waals surface area contributed by atoms with Crippen molar-refractivity contribution in [2.24, 2.45) is 0 Å². The molecule has 0 fully saturated rings. The number of nitrogens with zero attached hydrogens (tertiary/aromatic N) is 1. The van der Waals surface area contributed by atoms with E-state index in [9.17, 15) is 0 Å². The van der Waals surface area contributed by atoms with E-state index in [1.54, 1.807) is 0 Å². The monoisotopic (exact) mass is 347 g/mol. The van der Waals surface area contributed by atoms with Gasteiger partial charge in [-0.1, -0.05) is 66.7 Å². The van der Waals surface area contributed by atoms with Crippen LogP contribution in [0.2, 0.25) is 0 Å². The van der Waals surface area contributed by atoms with Gasteiger partial charge in [0.2, 0.25) is 0 Å². The van der Waals surface area contributed by atoms with Crippen molar-refractivity contribution in [1.82, 2.24) is 4.57 Å². The van der Waals surface area contributed by atoms with Gasteiger partial charge >= 0.3 is 0 Å². The lowest BCUT2D eigenvalue weighted by atomic mass is 10.1. The van der Waals surface area contributed by atoms with Crippen LogP contribution in [0, 0.1) is 0 Å². The van der Waals surface area contributed by atoms with E-state index < -0.39 is 0 Å². The van der Waals surface area contributed by atoms with Crippen molar-refractivity contribution in [3.05, 3.63) is 89.5 Å². The molecule has 0 aliphatic heterocycles. The van der Waals surface area contributed by atoms with E-state index in [4.69, 9.17) is 0 Å². The molecule has 1 heterocycles. The number of para-hydroxylation sites is 2. The first-order valence-electron chi connectivity index (χ1n) is 7.26. The number of fused-ring (bicyclic) bond motifs is 1. The maximum atomic E-state index is 3.83. The van der Waals surface area contributed by atoms with E-state index in [1.165, 1.54) is 22.0 Å². The Labute approximate surface area is 138 Å². The first-order chi connectivity index (χ1) is 10.9. The average molecular weight is 348 g/mol. The lowest BCUT2D eigenvalue weighted by Crippen LogP contribution is -1.93. The molecule has 3 aromatic carbocycles. The Bertz CT molecular complexity index is 848. The summed E-state index contributed by atoms with van der Waals surface area (Å²) in [5, 5.41) is 1.25. The number of halogens is 1. The highest BCUT2D eigenvalue weighted by atomic mass is 79.9. The zero-order valence-corrected chi connectivity index (χ0v) is 13.5. The highest BCUT2D eigenvalue weighted by Gasteiger charge is 2.17. The third-order valence-corrected chi connectivity index (χ3v) is 4.64. The second-order valence-electron chi connectivity index (χ2n) is 5.22. The molecule has 22 heavy (non-hydrogen) atoms. The molecule has 0 N–H and O–H groups in total. The largest absolute Gasteiger partial charge is 0.303 e. The molecular formula is C20H14BrN. The minimum Gasteiger partial charge on any atom is -0.303 e. The van der Waals surface area contributed by atoms with E-state index in [1.807, 2.05) is 12.1 Å². The lowest BCUT2D eigenvalue weighted by molar-refractivity contribution is 1.09. The molecule has 1 nitrogen and oxygen atoms in total. The van der Waals surface area contributed by atoms with E-state index in [2.05, 4.69) is 93.3 Å². The zero-order valence-electron chi connectivity index (χ0n) is 11.9. The molecule has 0 saturated carbocycles. The van der Waals surface area contributed by atoms with Gasteiger partial charge in [0.15, 0.2) is 0 Å². The van der Waals surface area contributed by atoms with Crippen molar-refractivity contribution >= 4 is 26.8 Å². The molecule has 2 heteroatoms. The van der Waals surface area contributed by atoms with E-state index >= 15 is 0 Å². The Hall–Kier alpha value is -2.32. The van der Waals surface area contributed by atoms with E-state index in [0.717, 1.165) is 10.3 Å². The summed E-state index contributed by atoms with van der Waals surface area (Å²) in [4.78, 5) is 0. The second kappa shape index (κ2) is 5.47. The predicted octanol–water partition coefficient (Wildman–Crippen LogP) is 6.06. The quantitative estimate of drug-likeness (QED) is 0.415. The van der Waals surface area contributed by atoms with Crippen molar-refractivity contribution in [3.8, 4) is 16.8 Å². The normalized spacial score (nSPS) is 11.0. The molecule has 0 saturated heterocycles. The lowest BCUT2D eigenvalue weighted by Gasteiger charge is -2.07. The van der Waals surface area contributed by atoms with E-state index in [-0.39, 0.29) is 0 Å². The fraction of sp³-hybridized carbons (Fsp3) is 0. The minimum absolute atomic E-state index is 1.09. The van der Waals surface area contributed by atoms with Crippen LogP contribution >= 0.6 is 15.9 Å². The van der Waals surface area contributed by atoms with Gasteiger partial charge in [-0.2, -0.15) is 0 Å². The first-order valence-corrected chi connectivity index (χ1v) is 8.05. The summed E-state index contributed by atoms with van der Waals surface area (Å²) in [7, 11) is 0. The van der Waals surface area contributed by atoms with Crippen LogP contribution in [0.15, 0.2) is 89.5 Å². The summed E-state index contributed by atoms with van der Waals surface area (Å²) in [6.45, 7) is 0. The van der Waals surface area contributed by atoms with Crippen LogP contribution in [0.3, 0.4) is 0 Å². The van der Waals surface area contributed by atoms with Crippen molar-refractivity contribution in [3.63, 3.8) is 0 Å². The Morgan fingerprint density at radius 1 is 0.636 bits per heavy atom. The number of hydrogen-bond donors (Lipinski definition) is 0. The summed E-state index contributed by atoms with van der Waals surface area (Å²) in [5.74, 6) is 0. The molecule has 0 radical (unpaired) electrons. The SMILES string of the molecule is Brc1c(-c2ccccc2)c2ccccc2n1-c1ccccc1. The summed E-state index contributed by atoms with van der Waals surface area (Å²) in [5.41, 5.74) is 4.83. The third kappa shape index (κ3) is 2.08. The summed E-state index contributed by atoms with van der Waals surface area (Å²) < 4.78 is 3.35. The fourth-order valence-corrected chi connectivity index (χ4v) is 3.76. The highest BCUT2D eigenvalue weighted by molar-refractivity contribution is 9.10. The van der Waals surface area contributed by atoms with Gasteiger partial charge in [-0.3, -0.25) is 0 Å². The van der Waals surface area contributed by atoms with E-state index in [0.29, 0.717) is 0 Å². The topological polar surface area (TPSA) is 4.93 Å². The van der Waals surface area contributed by atoms with Crippen molar-refractivity contribution in [2.45, 2.75) is 0 Å². The molecule has 0 spiro atoms. The average Bonchev–Trinajstić information content (AvgIpc) is 2.88. The molecule has 0 aliphatic carbocycles. The first kappa shape index (κ1) is 13.4.